The highest BCUT2D eigenvalue weighted by atomic mass is 32.2. The molecular weight excluding hydrogens is 288 g/mol. The predicted octanol–water partition coefficient (Wildman–Crippen LogP) is 1.27. The van der Waals surface area contributed by atoms with Gasteiger partial charge in [-0.3, -0.25) is 9.59 Å². The molecule has 0 unspecified atom stereocenters. The minimum absolute atomic E-state index is 0.0199. The normalized spacial score (nSPS) is 16.4. The molecule has 1 aliphatic rings. The van der Waals surface area contributed by atoms with E-state index in [2.05, 4.69) is 15.3 Å². The maximum absolute atomic E-state index is 12.0. The Bertz CT molecular complexity index is 651. The highest BCUT2D eigenvalue weighted by Crippen LogP contribution is 2.16. The molecule has 6 nitrogen and oxygen atoms in total. The SMILES string of the molecule is C[C@H](NC(=O)CN1CSCC1=O)c1nc2ccccc2[nH]1. The van der Waals surface area contributed by atoms with E-state index >= 15 is 0 Å². The molecular formula is C14H16N4O2S. The zero-order valence-corrected chi connectivity index (χ0v) is 12.4. The highest BCUT2D eigenvalue weighted by molar-refractivity contribution is 8.00. The summed E-state index contributed by atoms with van der Waals surface area (Å²) in [5, 5.41) is 2.87. The average molecular weight is 304 g/mol. The van der Waals surface area contributed by atoms with Crippen molar-refractivity contribution in [2.45, 2.75) is 13.0 Å². The summed E-state index contributed by atoms with van der Waals surface area (Å²) in [5.41, 5.74) is 1.82. The van der Waals surface area contributed by atoms with E-state index in [1.54, 1.807) is 4.90 Å². The number of carbonyl (C=O) groups is 2. The van der Waals surface area contributed by atoms with Crippen molar-refractivity contribution in [3.63, 3.8) is 0 Å². The van der Waals surface area contributed by atoms with Crippen LogP contribution in [0.4, 0.5) is 0 Å². The van der Waals surface area contributed by atoms with Crippen LogP contribution in [0.25, 0.3) is 11.0 Å². The van der Waals surface area contributed by atoms with Crippen molar-refractivity contribution in [1.29, 1.82) is 0 Å². The lowest BCUT2D eigenvalue weighted by atomic mass is 10.3. The van der Waals surface area contributed by atoms with Gasteiger partial charge < -0.3 is 15.2 Å². The van der Waals surface area contributed by atoms with E-state index < -0.39 is 0 Å². The summed E-state index contributed by atoms with van der Waals surface area (Å²) in [6, 6.07) is 7.50. The van der Waals surface area contributed by atoms with Crippen molar-refractivity contribution in [3.8, 4) is 0 Å². The van der Waals surface area contributed by atoms with Crippen molar-refractivity contribution in [3.05, 3.63) is 30.1 Å². The van der Waals surface area contributed by atoms with Crippen LogP contribution in [0.1, 0.15) is 18.8 Å². The molecule has 2 aromatic rings. The standard InChI is InChI=1S/C14H16N4O2S/c1-9(14-16-10-4-2-3-5-11(10)17-14)15-12(19)6-18-8-21-7-13(18)20/h2-5,9H,6-8H2,1H3,(H,15,19)(H,16,17)/t9-/m0/s1. The molecule has 0 radical (unpaired) electrons. The third-order valence-electron chi connectivity index (χ3n) is 3.36. The number of imidazole rings is 1. The van der Waals surface area contributed by atoms with Gasteiger partial charge >= 0.3 is 0 Å². The molecule has 1 atom stereocenters. The van der Waals surface area contributed by atoms with Crippen LogP contribution in [0.2, 0.25) is 0 Å². The van der Waals surface area contributed by atoms with E-state index in [0.29, 0.717) is 17.5 Å². The number of nitrogens with one attached hydrogen (secondary N) is 2. The van der Waals surface area contributed by atoms with Crippen LogP contribution in [0.15, 0.2) is 24.3 Å². The zero-order valence-electron chi connectivity index (χ0n) is 11.6. The van der Waals surface area contributed by atoms with Gasteiger partial charge in [0, 0.05) is 0 Å². The molecule has 2 heterocycles. The number of aromatic amines is 1. The summed E-state index contributed by atoms with van der Waals surface area (Å²) in [4.78, 5) is 32.7. The summed E-state index contributed by atoms with van der Waals surface area (Å²) < 4.78 is 0. The van der Waals surface area contributed by atoms with Gasteiger partial charge in [-0.25, -0.2) is 4.98 Å². The predicted molar refractivity (Wildman–Crippen MR) is 81.7 cm³/mol. The Labute approximate surface area is 126 Å². The van der Waals surface area contributed by atoms with Crippen molar-refractivity contribution in [1.82, 2.24) is 20.2 Å². The lowest BCUT2D eigenvalue weighted by Crippen LogP contribution is -2.39. The Balaban J connectivity index is 1.63. The van der Waals surface area contributed by atoms with Gasteiger partial charge in [0.2, 0.25) is 11.8 Å². The van der Waals surface area contributed by atoms with Gasteiger partial charge in [0.25, 0.3) is 0 Å². The Hall–Kier alpha value is -2.02. The number of H-pyrrole nitrogens is 1. The molecule has 0 spiro atoms. The summed E-state index contributed by atoms with van der Waals surface area (Å²) >= 11 is 1.53. The number of benzene rings is 1. The molecule has 21 heavy (non-hydrogen) atoms. The summed E-state index contributed by atoms with van der Waals surface area (Å²) in [6.45, 7) is 1.98. The van der Waals surface area contributed by atoms with Crippen LogP contribution in [-0.2, 0) is 9.59 Å². The van der Waals surface area contributed by atoms with Gasteiger partial charge in [0.1, 0.15) is 12.4 Å². The van der Waals surface area contributed by atoms with Crippen LogP contribution in [0, 0.1) is 0 Å². The Morgan fingerprint density at radius 2 is 2.33 bits per heavy atom. The van der Waals surface area contributed by atoms with Crippen LogP contribution < -0.4 is 5.32 Å². The third kappa shape index (κ3) is 3.02. The first-order valence-corrected chi connectivity index (χ1v) is 7.88. The van der Waals surface area contributed by atoms with E-state index in [-0.39, 0.29) is 24.4 Å². The van der Waals surface area contributed by atoms with E-state index in [9.17, 15) is 9.59 Å². The third-order valence-corrected chi connectivity index (χ3v) is 4.30. The van der Waals surface area contributed by atoms with Crippen LogP contribution in [0.5, 0.6) is 0 Å². The van der Waals surface area contributed by atoms with E-state index in [1.807, 2.05) is 31.2 Å². The maximum Gasteiger partial charge on any atom is 0.240 e. The first-order valence-electron chi connectivity index (χ1n) is 6.73. The summed E-state index contributed by atoms with van der Waals surface area (Å²) in [6.07, 6.45) is 0. The van der Waals surface area contributed by atoms with Gasteiger partial charge in [0.15, 0.2) is 0 Å². The smallest absolute Gasteiger partial charge is 0.240 e. The molecule has 0 aliphatic carbocycles. The number of carbonyl (C=O) groups excluding carboxylic acids is 2. The summed E-state index contributed by atoms with van der Waals surface area (Å²) in [5.74, 6) is 1.62. The Morgan fingerprint density at radius 3 is 3.05 bits per heavy atom. The van der Waals surface area contributed by atoms with E-state index in [1.165, 1.54) is 11.8 Å². The first kappa shape index (κ1) is 13.9. The average Bonchev–Trinajstić information content (AvgIpc) is 3.05. The van der Waals surface area contributed by atoms with Crippen molar-refractivity contribution < 1.29 is 9.59 Å². The van der Waals surface area contributed by atoms with Gasteiger partial charge in [-0.1, -0.05) is 12.1 Å². The Morgan fingerprint density at radius 1 is 1.52 bits per heavy atom. The number of fused-ring (bicyclic) bond motifs is 1. The molecule has 1 aliphatic heterocycles. The zero-order chi connectivity index (χ0) is 14.8. The quantitative estimate of drug-likeness (QED) is 0.892. The minimum Gasteiger partial charge on any atom is -0.345 e. The maximum atomic E-state index is 12.0. The van der Waals surface area contributed by atoms with Gasteiger partial charge in [-0.15, -0.1) is 11.8 Å². The minimum atomic E-state index is -0.227. The highest BCUT2D eigenvalue weighted by Gasteiger charge is 2.23. The number of para-hydroxylation sites is 2. The number of rotatable bonds is 4. The fourth-order valence-corrected chi connectivity index (χ4v) is 3.15. The molecule has 2 N–H and O–H groups in total. The molecule has 0 bridgehead atoms. The fourth-order valence-electron chi connectivity index (χ4n) is 2.25. The molecule has 1 aromatic heterocycles. The van der Waals surface area contributed by atoms with Crippen molar-refractivity contribution >= 4 is 34.6 Å². The van der Waals surface area contributed by atoms with Crippen LogP contribution >= 0.6 is 11.8 Å². The Kier molecular flexibility index (Phi) is 3.83. The fraction of sp³-hybridized carbons (Fsp3) is 0.357. The molecule has 1 saturated heterocycles. The van der Waals surface area contributed by atoms with Gasteiger partial charge in [-0.05, 0) is 19.1 Å². The van der Waals surface area contributed by atoms with Crippen molar-refractivity contribution in [2.75, 3.05) is 18.2 Å². The molecule has 0 saturated carbocycles. The second-order valence-corrected chi connectivity index (χ2v) is 5.95. The largest absolute Gasteiger partial charge is 0.345 e. The number of amides is 2. The molecule has 2 amide bonds. The number of hydrogen-bond donors (Lipinski definition) is 2. The number of aromatic nitrogens is 2. The topological polar surface area (TPSA) is 78.1 Å². The number of nitrogens with zero attached hydrogens (tertiary/aromatic N) is 2. The van der Waals surface area contributed by atoms with Crippen molar-refractivity contribution in [2.24, 2.45) is 0 Å². The molecule has 1 aromatic carbocycles. The van der Waals surface area contributed by atoms with Gasteiger partial charge in [-0.2, -0.15) is 0 Å². The second kappa shape index (κ2) is 5.77. The molecule has 3 rings (SSSR count). The summed E-state index contributed by atoms with van der Waals surface area (Å²) in [7, 11) is 0. The van der Waals surface area contributed by atoms with E-state index in [4.69, 9.17) is 0 Å². The first-order chi connectivity index (χ1) is 10.1. The lowest BCUT2D eigenvalue weighted by Gasteiger charge is -2.16. The molecule has 7 heteroatoms. The van der Waals surface area contributed by atoms with Crippen LogP contribution in [0.3, 0.4) is 0 Å². The van der Waals surface area contributed by atoms with Crippen LogP contribution in [-0.4, -0.2) is 44.9 Å². The second-order valence-electron chi connectivity index (χ2n) is 5.00. The van der Waals surface area contributed by atoms with Gasteiger partial charge in [0.05, 0.1) is 28.7 Å². The van der Waals surface area contributed by atoms with E-state index in [0.717, 1.165) is 11.0 Å². The molecule has 1 fully saturated rings. The number of hydrogen-bond acceptors (Lipinski definition) is 4. The monoisotopic (exact) mass is 304 g/mol. The molecule has 110 valence electrons. The lowest BCUT2D eigenvalue weighted by molar-refractivity contribution is -0.132. The number of thioether (sulfide) groups is 1.